The van der Waals surface area contributed by atoms with Crippen molar-refractivity contribution in [3.05, 3.63) is 23.8 Å². The first-order valence-electron chi connectivity index (χ1n) is 8.78. The smallest absolute Gasteiger partial charge is 0.359 e. The van der Waals surface area contributed by atoms with Crippen molar-refractivity contribution in [2.75, 3.05) is 26.4 Å². The standard InChI is InChI=1S/C16H29NO8P2/c1-5-22-26(20,23-6-2)16(27(21,24-7-3)25-8-4)17-12-13-9-10-14(18)15(19)11-13/h9-11,16-19H,5-8,12H2,1-4H3. The zero-order chi connectivity index (χ0) is 20.5. The highest BCUT2D eigenvalue weighted by molar-refractivity contribution is 7.72. The van der Waals surface area contributed by atoms with E-state index in [1.807, 2.05) is 0 Å². The molecular weight excluding hydrogens is 396 g/mol. The lowest BCUT2D eigenvalue weighted by Gasteiger charge is -2.31. The summed E-state index contributed by atoms with van der Waals surface area (Å²) in [5.41, 5.74) is -0.810. The van der Waals surface area contributed by atoms with Gasteiger partial charge in [0.15, 0.2) is 11.5 Å². The Kier molecular flexibility index (Phi) is 9.98. The number of phenolic OH excluding ortho intramolecular Hbond substituents is 2. The van der Waals surface area contributed by atoms with Crippen LogP contribution < -0.4 is 5.32 Å². The van der Waals surface area contributed by atoms with E-state index in [-0.39, 0.29) is 44.5 Å². The van der Waals surface area contributed by atoms with Crippen LogP contribution in [0.4, 0.5) is 0 Å². The van der Waals surface area contributed by atoms with Gasteiger partial charge >= 0.3 is 15.2 Å². The van der Waals surface area contributed by atoms with Gasteiger partial charge in [0.05, 0.1) is 26.4 Å². The van der Waals surface area contributed by atoms with Gasteiger partial charge in [-0.1, -0.05) is 6.07 Å². The molecular formula is C16H29NO8P2. The molecule has 0 aliphatic heterocycles. The predicted molar refractivity (Wildman–Crippen MR) is 102 cm³/mol. The largest absolute Gasteiger partial charge is 0.504 e. The molecule has 156 valence electrons. The fourth-order valence-electron chi connectivity index (χ4n) is 2.36. The second-order valence-corrected chi connectivity index (χ2v) is 9.96. The van der Waals surface area contributed by atoms with Crippen LogP contribution in [0.25, 0.3) is 0 Å². The van der Waals surface area contributed by atoms with E-state index in [4.69, 9.17) is 18.1 Å². The maximum atomic E-state index is 13.3. The van der Waals surface area contributed by atoms with Crippen LogP contribution in [0.1, 0.15) is 33.3 Å². The fraction of sp³-hybridized carbons (Fsp3) is 0.625. The predicted octanol–water partition coefficient (Wildman–Crippen LogP) is 4.00. The summed E-state index contributed by atoms with van der Waals surface area (Å²) >= 11 is 0. The monoisotopic (exact) mass is 425 g/mol. The lowest BCUT2D eigenvalue weighted by Crippen LogP contribution is -2.32. The number of hydrogen-bond acceptors (Lipinski definition) is 9. The molecule has 0 heterocycles. The summed E-state index contributed by atoms with van der Waals surface area (Å²) in [6.07, 6.45) is 0. The van der Waals surface area contributed by atoms with Crippen molar-refractivity contribution in [2.45, 2.75) is 39.8 Å². The zero-order valence-electron chi connectivity index (χ0n) is 16.1. The lowest BCUT2D eigenvalue weighted by atomic mass is 10.2. The number of hydrogen-bond donors (Lipinski definition) is 3. The van der Waals surface area contributed by atoms with Gasteiger partial charge in [-0.15, -0.1) is 0 Å². The van der Waals surface area contributed by atoms with E-state index in [1.54, 1.807) is 33.8 Å². The van der Waals surface area contributed by atoms with Crippen LogP contribution in [0.15, 0.2) is 18.2 Å². The first-order valence-corrected chi connectivity index (χ1v) is 12.0. The van der Waals surface area contributed by atoms with Crippen LogP contribution in [0.3, 0.4) is 0 Å². The number of phenols is 2. The van der Waals surface area contributed by atoms with Gasteiger partial charge in [-0.05, 0) is 45.4 Å². The van der Waals surface area contributed by atoms with Gasteiger partial charge < -0.3 is 28.3 Å². The maximum Gasteiger partial charge on any atom is 0.359 e. The minimum atomic E-state index is -3.90. The Morgan fingerprint density at radius 2 is 1.30 bits per heavy atom. The second-order valence-electron chi connectivity index (χ2n) is 5.33. The van der Waals surface area contributed by atoms with E-state index in [0.717, 1.165) is 0 Å². The molecule has 1 rings (SSSR count). The number of aromatic hydroxyl groups is 2. The summed E-state index contributed by atoms with van der Waals surface area (Å²) < 4.78 is 48.1. The topological polar surface area (TPSA) is 124 Å². The van der Waals surface area contributed by atoms with Crippen LogP contribution in [-0.4, -0.2) is 42.2 Å². The van der Waals surface area contributed by atoms with Crippen molar-refractivity contribution in [1.29, 1.82) is 0 Å². The van der Waals surface area contributed by atoms with Gasteiger partial charge in [-0.3, -0.25) is 14.4 Å². The van der Waals surface area contributed by atoms with Crippen LogP contribution in [-0.2, 0) is 33.8 Å². The highest BCUT2D eigenvalue weighted by atomic mass is 31.2. The van der Waals surface area contributed by atoms with Gasteiger partial charge in [0.1, 0.15) is 0 Å². The molecule has 0 radical (unpaired) electrons. The Bertz CT molecular complexity index is 634. The summed E-state index contributed by atoms with van der Waals surface area (Å²) in [5.74, 6) is -0.569. The molecule has 0 aliphatic rings. The van der Waals surface area contributed by atoms with E-state index >= 15 is 0 Å². The Balaban J connectivity index is 3.24. The minimum absolute atomic E-state index is 0.0484. The summed E-state index contributed by atoms with van der Waals surface area (Å²) in [4.78, 5) is 0. The van der Waals surface area contributed by atoms with E-state index in [1.165, 1.54) is 12.1 Å². The molecule has 0 aromatic heterocycles. The summed E-state index contributed by atoms with van der Waals surface area (Å²) in [7, 11) is -7.81. The highest BCUT2D eigenvalue weighted by Crippen LogP contribution is 2.69. The molecule has 3 N–H and O–H groups in total. The van der Waals surface area contributed by atoms with Crippen molar-refractivity contribution >= 4 is 15.2 Å². The molecule has 1 aromatic rings. The van der Waals surface area contributed by atoms with Gasteiger partial charge in [-0.2, -0.15) is 0 Å². The van der Waals surface area contributed by atoms with Crippen molar-refractivity contribution < 1.29 is 37.4 Å². The Hall–Kier alpha value is -0.920. The first kappa shape index (κ1) is 24.1. The molecule has 0 aliphatic carbocycles. The molecule has 0 atom stereocenters. The highest BCUT2D eigenvalue weighted by Gasteiger charge is 2.50. The van der Waals surface area contributed by atoms with E-state index < -0.39 is 20.7 Å². The number of nitrogens with one attached hydrogen (secondary N) is 1. The molecule has 27 heavy (non-hydrogen) atoms. The van der Waals surface area contributed by atoms with Gasteiger partial charge in [0.25, 0.3) is 0 Å². The SMILES string of the molecule is CCOP(=O)(OCC)C(NCc1ccc(O)c(O)c1)P(=O)(OCC)OCC. The molecule has 0 saturated heterocycles. The maximum absolute atomic E-state index is 13.3. The molecule has 11 heteroatoms. The van der Waals surface area contributed by atoms with Gasteiger partial charge in [-0.25, -0.2) is 0 Å². The van der Waals surface area contributed by atoms with E-state index in [9.17, 15) is 19.3 Å². The van der Waals surface area contributed by atoms with Gasteiger partial charge in [0, 0.05) is 6.54 Å². The Morgan fingerprint density at radius 3 is 1.67 bits per heavy atom. The van der Waals surface area contributed by atoms with Crippen molar-refractivity contribution in [2.24, 2.45) is 0 Å². The molecule has 0 fully saturated rings. The molecule has 1 aromatic carbocycles. The summed E-state index contributed by atoms with van der Waals surface area (Å²) in [5, 5.41) is 21.9. The van der Waals surface area contributed by atoms with Crippen molar-refractivity contribution in [3.8, 4) is 11.5 Å². The average molecular weight is 425 g/mol. The third-order valence-corrected chi connectivity index (χ3v) is 9.10. The van der Waals surface area contributed by atoms with E-state index in [2.05, 4.69) is 5.32 Å². The third-order valence-electron chi connectivity index (χ3n) is 3.36. The molecule has 9 nitrogen and oxygen atoms in total. The Morgan fingerprint density at radius 1 is 0.852 bits per heavy atom. The van der Waals surface area contributed by atoms with E-state index in [0.29, 0.717) is 5.56 Å². The lowest BCUT2D eigenvalue weighted by molar-refractivity contribution is 0.190. The molecule has 0 saturated carbocycles. The summed E-state index contributed by atoms with van der Waals surface area (Å²) in [6.45, 7) is 6.94. The normalized spacial score (nSPS) is 12.6. The number of benzene rings is 1. The molecule has 0 unspecified atom stereocenters. The minimum Gasteiger partial charge on any atom is -0.504 e. The summed E-state index contributed by atoms with van der Waals surface area (Å²) in [6, 6.07) is 4.20. The van der Waals surface area contributed by atoms with Crippen molar-refractivity contribution in [3.63, 3.8) is 0 Å². The third kappa shape index (κ3) is 6.57. The quantitative estimate of drug-likeness (QED) is 0.318. The first-order chi connectivity index (χ1) is 12.8. The van der Waals surface area contributed by atoms with Gasteiger partial charge in [0.2, 0.25) is 5.52 Å². The zero-order valence-corrected chi connectivity index (χ0v) is 17.9. The molecule has 0 spiro atoms. The average Bonchev–Trinajstić information content (AvgIpc) is 2.59. The molecule has 0 amide bonds. The van der Waals surface area contributed by atoms with Crippen LogP contribution in [0.5, 0.6) is 11.5 Å². The number of rotatable bonds is 13. The second kappa shape index (κ2) is 11.2. The van der Waals surface area contributed by atoms with Crippen LogP contribution in [0, 0.1) is 0 Å². The van der Waals surface area contributed by atoms with Crippen LogP contribution >= 0.6 is 15.2 Å². The Labute approximate surface area is 160 Å². The fourth-order valence-corrected chi connectivity index (χ4v) is 7.33. The van der Waals surface area contributed by atoms with Crippen molar-refractivity contribution in [1.82, 2.24) is 5.32 Å². The molecule has 0 bridgehead atoms. The van der Waals surface area contributed by atoms with Crippen LogP contribution in [0.2, 0.25) is 0 Å².